The number of fused-ring (bicyclic) bond motifs is 1. The van der Waals surface area contributed by atoms with Gasteiger partial charge in [-0.15, -0.1) is 12.4 Å². The van der Waals surface area contributed by atoms with Crippen molar-refractivity contribution in [3.8, 4) is 0 Å². The molecule has 1 N–H and O–H groups in total. The molecule has 0 saturated carbocycles. The molecule has 0 aliphatic carbocycles. The van der Waals surface area contributed by atoms with Crippen LogP contribution in [0.15, 0.2) is 36.4 Å². The Morgan fingerprint density at radius 3 is 2.05 bits per heavy atom. The molecule has 1 heterocycles. The van der Waals surface area contributed by atoms with Gasteiger partial charge in [-0.1, -0.05) is 36.4 Å². The van der Waals surface area contributed by atoms with E-state index >= 15 is 0 Å². The lowest BCUT2D eigenvalue weighted by molar-refractivity contribution is 0.561. The van der Waals surface area contributed by atoms with E-state index in [1.165, 1.54) is 33.4 Å². The molecule has 1 aliphatic rings. The highest BCUT2D eigenvalue weighted by molar-refractivity contribution is 5.85. The summed E-state index contributed by atoms with van der Waals surface area (Å²) in [6.07, 6.45) is 1.14. The zero-order valence-electron chi connectivity index (χ0n) is 12.4. The summed E-state index contributed by atoms with van der Waals surface area (Å²) in [5.74, 6) is 0. The number of halogens is 1. The van der Waals surface area contributed by atoms with Crippen LogP contribution in [0.1, 0.15) is 39.4 Å². The van der Waals surface area contributed by atoms with Crippen LogP contribution < -0.4 is 5.32 Å². The van der Waals surface area contributed by atoms with Gasteiger partial charge in [0.05, 0.1) is 6.04 Å². The summed E-state index contributed by atoms with van der Waals surface area (Å²) in [4.78, 5) is 0. The van der Waals surface area contributed by atoms with Crippen molar-refractivity contribution in [2.75, 3.05) is 6.54 Å². The minimum absolute atomic E-state index is 0. The first kappa shape index (κ1) is 15.1. The van der Waals surface area contributed by atoms with Gasteiger partial charge >= 0.3 is 0 Å². The van der Waals surface area contributed by atoms with E-state index < -0.39 is 0 Å². The van der Waals surface area contributed by atoms with Crippen molar-refractivity contribution in [3.63, 3.8) is 0 Å². The van der Waals surface area contributed by atoms with E-state index in [2.05, 4.69) is 62.5 Å². The Kier molecular flexibility index (Phi) is 4.52. The molecule has 2 heteroatoms. The Balaban J connectivity index is 0.00000147. The molecule has 106 valence electrons. The van der Waals surface area contributed by atoms with E-state index in [9.17, 15) is 0 Å². The summed E-state index contributed by atoms with van der Waals surface area (Å²) in [5.41, 5.74) is 8.62. The van der Waals surface area contributed by atoms with Gasteiger partial charge in [0, 0.05) is 6.54 Å². The summed E-state index contributed by atoms with van der Waals surface area (Å²) in [5, 5.41) is 3.71. The first-order valence-corrected chi connectivity index (χ1v) is 7.06. The SMILES string of the molecule is Cc1cccc(C)c1[C@H]1NCCc2cccc(C)c21.Cl. The molecular weight excluding hydrogens is 266 g/mol. The Morgan fingerprint density at radius 2 is 1.40 bits per heavy atom. The molecule has 3 rings (SSSR count). The van der Waals surface area contributed by atoms with Crippen LogP contribution in [0.2, 0.25) is 0 Å². The fourth-order valence-corrected chi connectivity index (χ4v) is 3.35. The maximum absolute atomic E-state index is 3.71. The molecular formula is C18H22ClN. The monoisotopic (exact) mass is 287 g/mol. The van der Waals surface area contributed by atoms with Crippen molar-refractivity contribution in [3.05, 3.63) is 69.8 Å². The van der Waals surface area contributed by atoms with E-state index in [-0.39, 0.29) is 12.4 Å². The lowest BCUT2D eigenvalue weighted by atomic mass is 9.83. The molecule has 2 aromatic rings. The van der Waals surface area contributed by atoms with Crippen molar-refractivity contribution in [2.45, 2.75) is 33.2 Å². The maximum Gasteiger partial charge on any atom is 0.0587 e. The van der Waals surface area contributed by atoms with Crippen molar-refractivity contribution in [1.82, 2.24) is 5.32 Å². The van der Waals surface area contributed by atoms with Crippen molar-refractivity contribution >= 4 is 12.4 Å². The third kappa shape index (κ3) is 2.48. The summed E-state index contributed by atoms with van der Waals surface area (Å²) < 4.78 is 0. The second-order valence-corrected chi connectivity index (χ2v) is 5.59. The normalized spacial score (nSPS) is 17.2. The number of nitrogens with one attached hydrogen (secondary N) is 1. The van der Waals surface area contributed by atoms with Crippen LogP contribution in [0.3, 0.4) is 0 Å². The lowest BCUT2D eigenvalue weighted by Crippen LogP contribution is -2.32. The van der Waals surface area contributed by atoms with Gasteiger partial charge in [-0.3, -0.25) is 0 Å². The van der Waals surface area contributed by atoms with Crippen molar-refractivity contribution in [1.29, 1.82) is 0 Å². The first-order chi connectivity index (χ1) is 9.18. The average molecular weight is 288 g/mol. The number of benzene rings is 2. The molecule has 0 aromatic heterocycles. The van der Waals surface area contributed by atoms with Gasteiger partial charge in [-0.05, 0) is 60.6 Å². The van der Waals surface area contributed by atoms with E-state index in [0.29, 0.717) is 6.04 Å². The fraction of sp³-hybridized carbons (Fsp3) is 0.333. The molecule has 0 spiro atoms. The van der Waals surface area contributed by atoms with E-state index in [0.717, 1.165) is 13.0 Å². The summed E-state index contributed by atoms with van der Waals surface area (Å²) in [7, 11) is 0. The molecule has 1 atom stereocenters. The van der Waals surface area contributed by atoms with Crippen molar-refractivity contribution < 1.29 is 0 Å². The van der Waals surface area contributed by atoms with Crippen LogP contribution >= 0.6 is 12.4 Å². The molecule has 0 fully saturated rings. The standard InChI is InChI=1S/C18H21N.ClH/c1-12-6-4-7-13(2)16(12)18-17-14(3)8-5-9-15(17)10-11-19-18;/h4-9,18-19H,10-11H2,1-3H3;1H/t18-;/m1./s1. The second-order valence-electron chi connectivity index (χ2n) is 5.59. The third-order valence-corrected chi connectivity index (χ3v) is 4.28. The molecule has 2 aromatic carbocycles. The van der Waals surface area contributed by atoms with Crippen molar-refractivity contribution in [2.24, 2.45) is 0 Å². The van der Waals surface area contributed by atoms with E-state index in [1.54, 1.807) is 0 Å². The Morgan fingerprint density at radius 1 is 0.850 bits per heavy atom. The van der Waals surface area contributed by atoms with Gasteiger partial charge < -0.3 is 5.32 Å². The van der Waals surface area contributed by atoms with Crippen LogP contribution in [-0.4, -0.2) is 6.54 Å². The quantitative estimate of drug-likeness (QED) is 0.826. The first-order valence-electron chi connectivity index (χ1n) is 7.06. The van der Waals surface area contributed by atoms with Crippen LogP contribution in [0, 0.1) is 20.8 Å². The second kappa shape index (κ2) is 5.99. The largest absolute Gasteiger partial charge is 0.306 e. The molecule has 0 saturated heterocycles. The molecule has 1 aliphatic heterocycles. The van der Waals surface area contributed by atoms with E-state index in [1.807, 2.05) is 0 Å². The topological polar surface area (TPSA) is 12.0 Å². The Bertz CT molecular complexity index is 599. The average Bonchev–Trinajstić information content (AvgIpc) is 2.39. The highest BCUT2D eigenvalue weighted by Gasteiger charge is 2.24. The van der Waals surface area contributed by atoms with Crippen LogP contribution in [0.25, 0.3) is 0 Å². The number of hydrogen-bond acceptors (Lipinski definition) is 1. The third-order valence-electron chi connectivity index (χ3n) is 4.28. The molecule has 20 heavy (non-hydrogen) atoms. The van der Waals surface area contributed by atoms with Gasteiger partial charge in [0.2, 0.25) is 0 Å². The summed E-state index contributed by atoms with van der Waals surface area (Å²) in [6, 6.07) is 13.6. The molecule has 0 bridgehead atoms. The molecule has 0 unspecified atom stereocenters. The molecule has 0 amide bonds. The van der Waals surface area contributed by atoms with E-state index in [4.69, 9.17) is 0 Å². The Hall–Kier alpha value is -1.31. The predicted octanol–water partition coefficient (Wildman–Crippen LogP) is 4.27. The summed E-state index contributed by atoms with van der Waals surface area (Å²) in [6.45, 7) is 7.73. The van der Waals surface area contributed by atoms with Crippen LogP contribution in [0.4, 0.5) is 0 Å². The zero-order valence-corrected chi connectivity index (χ0v) is 13.2. The van der Waals surface area contributed by atoms with Gasteiger partial charge in [-0.25, -0.2) is 0 Å². The highest BCUT2D eigenvalue weighted by Crippen LogP contribution is 2.34. The molecule has 1 nitrogen and oxygen atoms in total. The minimum atomic E-state index is 0. The number of hydrogen-bond donors (Lipinski definition) is 1. The zero-order chi connectivity index (χ0) is 13.4. The number of rotatable bonds is 1. The predicted molar refractivity (Wildman–Crippen MR) is 87.9 cm³/mol. The Labute approximate surface area is 127 Å². The maximum atomic E-state index is 3.71. The smallest absolute Gasteiger partial charge is 0.0587 e. The summed E-state index contributed by atoms with van der Waals surface area (Å²) >= 11 is 0. The van der Waals surface area contributed by atoms with Crippen LogP contribution in [-0.2, 0) is 6.42 Å². The van der Waals surface area contributed by atoms with Gasteiger partial charge in [0.1, 0.15) is 0 Å². The van der Waals surface area contributed by atoms with Gasteiger partial charge in [-0.2, -0.15) is 0 Å². The van der Waals surface area contributed by atoms with Crippen LogP contribution in [0.5, 0.6) is 0 Å². The van der Waals surface area contributed by atoms with Gasteiger partial charge in [0.25, 0.3) is 0 Å². The fourth-order valence-electron chi connectivity index (χ4n) is 3.35. The highest BCUT2D eigenvalue weighted by atomic mass is 35.5. The van der Waals surface area contributed by atoms with Gasteiger partial charge in [0.15, 0.2) is 0 Å². The number of aryl methyl sites for hydroxylation is 3. The molecule has 0 radical (unpaired) electrons. The minimum Gasteiger partial charge on any atom is -0.306 e. The lowest BCUT2D eigenvalue weighted by Gasteiger charge is -2.31.